The van der Waals surface area contributed by atoms with Crippen LogP contribution in [0.4, 0.5) is 0 Å². The van der Waals surface area contributed by atoms with E-state index in [0.717, 1.165) is 17.7 Å². The van der Waals surface area contributed by atoms with Crippen LogP contribution in [0.25, 0.3) is 11.3 Å². The van der Waals surface area contributed by atoms with Crippen LogP contribution in [0.15, 0.2) is 48.5 Å². The van der Waals surface area contributed by atoms with Gasteiger partial charge in [-0.2, -0.15) is 5.26 Å². The van der Waals surface area contributed by atoms with Crippen LogP contribution in [0.2, 0.25) is 0 Å². The molecule has 1 saturated heterocycles. The van der Waals surface area contributed by atoms with Gasteiger partial charge in [0.2, 0.25) is 0 Å². The van der Waals surface area contributed by atoms with Gasteiger partial charge in [0.25, 0.3) is 5.91 Å². The lowest BCUT2D eigenvalue weighted by Crippen LogP contribution is -2.36. The molecule has 5 nitrogen and oxygen atoms in total. The van der Waals surface area contributed by atoms with Gasteiger partial charge in [-0.1, -0.05) is 36.4 Å². The monoisotopic (exact) mass is 292 g/mol. The minimum Gasteiger partial charge on any atom is -0.346 e. The molecule has 0 spiro atoms. The van der Waals surface area contributed by atoms with Gasteiger partial charge in [0.15, 0.2) is 6.19 Å². The summed E-state index contributed by atoms with van der Waals surface area (Å²) in [5, 5.41) is 11.8. The Morgan fingerprint density at radius 1 is 1.23 bits per heavy atom. The molecule has 0 unspecified atom stereocenters. The Bertz CT molecular complexity index is 708. The van der Waals surface area contributed by atoms with Gasteiger partial charge < -0.3 is 10.2 Å². The fourth-order valence-electron chi connectivity index (χ4n) is 2.56. The second-order valence-electron chi connectivity index (χ2n) is 5.28. The van der Waals surface area contributed by atoms with Gasteiger partial charge in [-0.25, -0.2) is 4.98 Å². The maximum absolute atomic E-state index is 12.3. The van der Waals surface area contributed by atoms with E-state index in [1.807, 2.05) is 42.5 Å². The third kappa shape index (κ3) is 3.07. The topological polar surface area (TPSA) is 69.0 Å². The molecule has 0 saturated carbocycles. The number of hydrogen-bond acceptors (Lipinski definition) is 4. The van der Waals surface area contributed by atoms with Crippen molar-refractivity contribution in [3.05, 3.63) is 54.2 Å². The number of rotatable bonds is 3. The SMILES string of the molecule is N#CN1CC[C@H](NC(=O)c2cccc(-c3ccccc3)n2)C1. The molecule has 110 valence electrons. The van der Waals surface area contributed by atoms with Gasteiger partial charge in [-0.15, -0.1) is 0 Å². The molecule has 1 aromatic carbocycles. The first kappa shape index (κ1) is 14.1. The number of carbonyl (C=O) groups excluding carboxylic acids is 1. The number of benzene rings is 1. The van der Waals surface area contributed by atoms with Gasteiger partial charge in [0.1, 0.15) is 5.69 Å². The first-order chi connectivity index (χ1) is 10.8. The molecule has 1 atom stereocenters. The molecule has 1 N–H and O–H groups in total. The number of aromatic nitrogens is 1. The Labute approximate surface area is 129 Å². The number of amides is 1. The first-order valence-corrected chi connectivity index (χ1v) is 7.24. The highest BCUT2D eigenvalue weighted by atomic mass is 16.1. The summed E-state index contributed by atoms with van der Waals surface area (Å²) in [5.74, 6) is -0.192. The highest BCUT2D eigenvalue weighted by molar-refractivity contribution is 5.93. The summed E-state index contributed by atoms with van der Waals surface area (Å²) in [6.07, 6.45) is 2.89. The zero-order chi connectivity index (χ0) is 15.4. The minimum atomic E-state index is -0.192. The second kappa shape index (κ2) is 6.27. The largest absolute Gasteiger partial charge is 0.346 e. The van der Waals surface area contributed by atoms with E-state index in [1.54, 1.807) is 11.0 Å². The van der Waals surface area contributed by atoms with Gasteiger partial charge in [-0.3, -0.25) is 4.79 Å². The predicted octanol–water partition coefficient (Wildman–Crippen LogP) is 2.03. The number of nitrogens with zero attached hydrogens (tertiary/aromatic N) is 3. The molecule has 0 aliphatic carbocycles. The van der Waals surface area contributed by atoms with E-state index in [2.05, 4.69) is 16.5 Å². The molecule has 2 aromatic rings. The summed E-state index contributed by atoms with van der Waals surface area (Å²) >= 11 is 0. The molecule has 5 heteroatoms. The molecule has 1 aliphatic rings. The summed E-state index contributed by atoms with van der Waals surface area (Å²) in [4.78, 5) is 18.4. The molecule has 1 aliphatic heterocycles. The summed E-state index contributed by atoms with van der Waals surface area (Å²) in [6, 6.07) is 15.2. The summed E-state index contributed by atoms with van der Waals surface area (Å²) < 4.78 is 0. The minimum absolute atomic E-state index is 0.00864. The predicted molar refractivity (Wildman–Crippen MR) is 82.7 cm³/mol. The molecule has 1 amide bonds. The fourth-order valence-corrected chi connectivity index (χ4v) is 2.56. The number of nitrogens with one attached hydrogen (secondary N) is 1. The molecular weight excluding hydrogens is 276 g/mol. The number of carbonyl (C=O) groups is 1. The molecule has 22 heavy (non-hydrogen) atoms. The van der Waals surface area contributed by atoms with Crippen molar-refractivity contribution < 1.29 is 4.79 Å². The molecule has 3 rings (SSSR count). The lowest BCUT2D eigenvalue weighted by molar-refractivity contribution is 0.0934. The van der Waals surface area contributed by atoms with Crippen molar-refractivity contribution in [2.75, 3.05) is 13.1 Å². The van der Waals surface area contributed by atoms with Crippen molar-refractivity contribution in [2.45, 2.75) is 12.5 Å². The Morgan fingerprint density at radius 3 is 2.77 bits per heavy atom. The Hall–Kier alpha value is -2.87. The van der Waals surface area contributed by atoms with Gasteiger partial charge >= 0.3 is 0 Å². The van der Waals surface area contributed by atoms with Crippen molar-refractivity contribution in [3.63, 3.8) is 0 Å². The van der Waals surface area contributed by atoms with Gasteiger partial charge in [0, 0.05) is 24.7 Å². The Morgan fingerprint density at radius 2 is 2.05 bits per heavy atom. The lowest BCUT2D eigenvalue weighted by atomic mass is 10.1. The average Bonchev–Trinajstić information content (AvgIpc) is 3.03. The quantitative estimate of drug-likeness (QED) is 0.879. The van der Waals surface area contributed by atoms with E-state index in [-0.39, 0.29) is 11.9 Å². The third-order valence-corrected chi connectivity index (χ3v) is 3.72. The highest BCUT2D eigenvalue weighted by Gasteiger charge is 2.23. The van der Waals surface area contributed by atoms with E-state index in [9.17, 15) is 4.79 Å². The van der Waals surface area contributed by atoms with E-state index < -0.39 is 0 Å². The highest BCUT2D eigenvalue weighted by Crippen LogP contribution is 2.16. The summed E-state index contributed by atoms with van der Waals surface area (Å²) in [6.45, 7) is 1.26. The molecular formula is C17H16N4O. The van der Waals surface area contributed by atoms with Crippen LogP contribution < -0.4 is 5.32 Å². The molecule has 1 fully saturated rings. The van der Waals surface area contributed by atoms with Crippen LogP contribution in [0.5, 0.6) is 0 Å². The number of hydrogen-bond donors (Lipinski definition) is 1. The van der Waals surface area contributed by atoms with Crippen molar-refractivity contribution >= 4 is 5.91 Å². The summed E-state index contributed by atoms with van der Waals surface area (Å²) in [7, 11) is 0. The van der Waals surface area contributed by atoms with Gasteiger partial charge in [0.05, 0.1) is 5.69 Å². The van der Waals surface area contributed by atoms with E-state index in [4.69, 9.17) is 5.26 Å². The van der Waals surface area contributed by atoms with Crippen LogP contribution in [-0.4, -0.2) is 34.9 Å². The maximum atomic E-state index is 12.3. The van der Waals surface area contributed by atoms with Crippen molar-refractivity contribution in [1.82, 2.24) is 15.2 Å². The summed E-state index contributed by atoms with van der Waals surface area (Å²) in [5.41, 5.74) is 2.16. The smallest absolute Gasteiger partial charge is 0.270 e. The first-order valence-electron chi connectivity index (χ1n) is 7.24. The van der Waals surface area contributed by atoms with E-state index in [1.165, 1.54) is 0 Å². The third-order valence-electron chi connectivity index (χ3n) is 3.72. The van der Waals surface area contributed by atoms with Crippen molar-refractivity contribution in [3.8, 4) is 17.5 Å². The molecule has 1 aromatic heterocycles. The van der Waals surface area contributed by atoms with Crippen LogP contribution in [-0.2, 0) is 0 Å². The fraction of sp³-hybridized carbons (Fsp3) is 0.235. The van der Waals surface area contributed by atoms with Crippen molar-refractivity contribution in [1.29, 1.82) is 5.26 Å². The normalized spacial score (nSPS) is 17.0. The molecule has 0 bridgehead atoms. The maximum Gasteiger partial charge on any atom is 0.270 e. The average molecular weight is 292 g/mol. The zero-order valence-electron chi connectivity index (χ0n) is 12.1. The number of pyridine rings is 1. The van der Waals surface area contributed by atoms with Crippen molar-refractivity contribution in [2.24, 2.45) is 0 Å². The molecule has 2 heterocycles. The van der Waals surface area contributed by atoms with E-state index in [0.29, 0.717) is 18.8 Å². The Balaban J connectivity index is 1.73. The Kier molecular flexibility index (Phi) is 4.01. The van der Waals surface area contributed by atoms with Crippen LogP contribution >= 0.6 is 0 Å². The van der Waals surface area contributed by atoms with E-state index >= 15 is 0 Å². The standard InChI is InChI=1S/C17H16N4O/c18-12-21-10-9-14(11-21)19-17(22)16-8-4-7-15(20-16)13-5-2-1-3-6-13/h1-8,14H,9-11H2,(H,19,22)/t14-/m0/s1. The number of nitriles is 1. The zero-order valence-corrected chi connectivity index (χ0v) is 12.1. The van der Waals surface area contributed by atoms with Gasteiger partial charge in [-0.05, 0) is 18.6 Å². The molecule has 0 radical (unpaired) electrons. The lowest BCUT2D eigenvalue weighted by Gasteiger charge is -2.12. The van der Waals surface area contributed by atoms with Crippen LogP contribution in [0.1, 0.15) is 16.9 Å². The van der Waals surface area contributed by atoms with Crippen LogP contribution in [0.3, 0.4) is 0 Å². The number of likely N-dealkylation sites (tertiary alicyclic amines) is 1. The second-order valence-corrected chi connectivity index (χ2v) is 5.28. The van der Waals surface area contributed by atoms with Crippen LogP contribution in [0, 0.1) is 11.5 Å².